The number of thioether (sulfide) groups is 1. The third-order valence-corrected chi connectivity index (χ3v) is 5.07. The molecule has 8 nitrogen and oxygen atoms in total. The first-order valence-electron chi connectivity index (χ1n) is 5.98. The first-order chi connectivity index (χ1) is 10.3. The van der Waals surface area contributed by atoms with E-state index >= 15 is 0 Å². The zero-order valence-corrected chi connectivity index (χ0v) is 12.8. The predicted molar refractivity (Wildman–Crippen MR) is 82.1 cm³/mol. The van der Waals surface area contributed by atoms with Gasteiger partial charge in [-0.3, -0.25) is 19.8 Å². The lowest BCUT2D eigenvalue weighted by molar-refractivity contribution is -0.384. The first-order valence-corrected chi connectivity index (χ1v) is 8.41. The van der Waals surface area contributed by atoms with E-state index in [1.54, 1.807) is 0 Å². The second kappa shape index (κ2) is 6.28. The van der Waals surface area contributed by atoms with Gasteiger partial charge in [-0.15, -0.1) is 11.0 Å². The highest BCUT2D eigenvalue weighted by Crippen LogP contribution is 2.23. The van der Waals surface area contributed by atoms with E-state index in [4.69, 9.17) is 0 Å². The molecule has 1 fully saturated rings. The van der Waals surface area contributed by atoms with Gasteiger partial charge in [0.25, 0.3) is 15.7 Å². The molecule has 0 unspecified atom stereocenters. The number of nitrogens with zero attached hydrogens (tertiary/aromatic N) is 3. The summed E-state index contributed by atoms with van der Waals surface area (Å²) in [6.07, 6.45) is 1.47. The number of amides is 1. The van der Waals surface area contributed by atoms with Crippen molar-refractivity contribution in [2.24, 2.45) is 4.40 Å². The van der Waals surface area contributed by atoms with Crippen molar-refractivity contribution in [1.29, 1.82) is 0 Å². The van der Waals surface area contributed by atoms with Gasteiger partial charge in [0.2, 0.25) is 5.91 Å². The van der Waals surface area contributed by atoms with Gasteiger partial charge < -0.3 is 0 Å². The van der Waals surface area contributed by atoms with Crippen LogP contribution in [0.15, 0.2) is 46.2 Å². The summed E-state index contributed by atoms with van der Waals surface area (Å²) in [5.41, 5.74) is -0.217. The molecule has 1 heterocycles. The highest BCUT2D eigenvalue weighted by Gasteiger charge is 2.29. The van der Waals surface area contributed by atoms with E-state index in [0.29, 0.717) is 0 Å². The van der Waals surface area contributed by atoms with Crippen LogP contribution in [0.25, 0.3) is 0 Å². The zero-order chi connectivity index (χ0) is 16.3. The number of nitro groups is 1. The van der Waals surface area contributed by atoms with E-state index in [2.05, 4.69) is 11.0 Å². The molecule has 1 amide bonds. The fraction of sp³-hybridized carbons (Fsp3) is 0.167. The Labute approximate surface area is 130 Å². The lowest BCUT2D eigenvalue weighted by Gasteiger charge is -2.12. The third-order valence-electron chi connectivity index (χ3n) is 2.71. The fourth-order valence-electron chi connectivity index (χ4n) is 1.67. The van der Waals surface area contributed by atoms with Crippen LogP contribution in [0.1, 0.15) is 0 Å². The zero-order valence-electron chi connectivity index (χ0n) is 11.2. The second-order valence-electron chi connectivity index (χ2n) is 4.18. The Morgan fingerprint density at radius 1 is 1.41 bits per heavy atom. The molecule has 1 aliphatic heterocycles. The Morgan fingerprint density at radius 3 is 2.59 bits per heavy atom. The molecule has 1 saturated heterocycles. The maximum atomic E-state index is 12.2. The minimum atomic E-state index is -4.04. The van der Waals surface area contributed by atoms with Crippen molar-refractivity contribution in [1.82, 2.24) is 4.90 Å². The summed E-state index contributed by atoms with van der Waals surface area (Å²) < 4.78 is 28.0. The van der Waals surface area contributed by atoms with Crippen molar-refractivity contribution in [2.45, 2.75) is 4.90 Å². The van der Waals surface area contributed by atoms with Crippen molar-refractivity contribution in [3.05, 3.63) is 47.0 Å². The van der Waals surface area contributed by atoms with Crippen LogP contribution in [0.2, 0.25) is 0 Å². The van der Waals surface area contributed by atoms with Crippen molar-refractivity contribution in [3.63, 3.8) is 0 Å². The number of benzene rings is 1. The van der Waals surface area contributed by atoms with Gasteiger partial charge in [-0.2, -0.15) is 8.42 Å². The molecule has 0 atom stereocenters. The molecular formula is C12H11N3O5S2. The molecule has 2 rings (SSSR count). The fourth-order valence-corrected chi connectivity index (χ4v) is 3.80. The molecule has 0 saturated carbocycles. The maximum Gasteiger partial charge on any atom is 0.284 e. The predicted octanol–water partition coefficient (Wildman–Crippen LogP) is 1.40. The van der Waals surface area contributed by atoms with Crippen LogP contribution >= 0.6 is 11.8 Å². The number of nitro benzene ring substituents is 1. The van der Waals surface area contributed by atoms with Gasteiger partial charge in [-0.1, -0.05) is 17.8 Å². The highest BCUT2D eigenvalue weighted by atomic mass is 32.2. The van der Waals surface area contributed by atoms with Crippen LogP contribution in [-0.2, 0) is 14.8 Å². The monoisotopic (exact) mass is 341 g/mol. The minimum Gasteiger partial charge on any atom is -0.286 e. The molecule has 0 aromatic heterocycles. The largest absolute Gasteiger partial charge is 0.286 e. The van der Waals surface area contributed by atoms with Crippen molar-refractivity contribution in [2.75, 3.05) is 12.3 Å². The third kappa shape index (κ3) is 3.34. The Balaban J connectivity index is 2.34. The number of sulfonamides is 1. The average molecular weight is 341 g/mol. The standard InChI is InChI=1S/C12H11N3O5S2/c1-2-7-14-11(16)8-21-12(14)13-22(19,20)10-5-3-9(4-6-10)15(17)18/h2-6H,1,7-8H2/b13-12+. The van der Waals surface area contributed by atoms with Gasteiger partial charge in [-0.05, 0) is 12.1 Å². The molecule has 1 aromatic rings. The van der Waals surface area contributed by atoms with Gasteiger partial charge in [0.1, 0.15) is 0 Å². The molecule has 1 aliphatic rings. The minimum absolute atomic E-state index is 0.0725. The van der Waals surface area contributed by atoms with E-state index < -0.39 is 14.9 Å². The first kappa shape index (κ1) is 16.2. The molecule has 22 heavy (non-hydrogen) atoms. The molecule has 0 aliphatic carbocycles. The second-order valence-corrected chi connectivity index (χ2v) is 6.73. The molecule has 0 bridgehead atoms. The molecule has 10 heteroatoms. The van der Waals surface area contributed by atoms with E-state index in [1.165, 1.54) is 11.0 Å². The number of hydrogen-bond donors (Lipinski definition) is 0. The quantitative estimate of drug-likeness (QED) is 0.455. The summed E-state index contributed by atoms with van der Waals surface area (Å²) in [5, 5.41) is 10.6. The van der Waals surface area contributed by atoms with Crippen LogP contribution in [0, 0.1) is 10.1 Å². The number of carbonyl (C=O) groups excluding carboxylic acids is 1. The molecule has 116 valence electrons. The number of rotatable bonds is 5. The number of carbonyl (C=O) groups is 1. The number of amidine groups is 1. The molecule has 0 N–H and O–H groups in total. The average Bonchev–Trinajstić information content (AvgIpc) is 2.80. The lowest BCUT2D eigenvalue weighted by atomic mass is 10.3. The Bertz CT molecular complexity index is 755. The Kier molecular flexibility index (Phi) is 4.62. The van der Waals surface area contributed by atoms with Crippen LogP contribution in [-0.4, -0.2) is 41.6 Å². The SMILES string of the molecule is C=CCN1C(=O)CS/C1=N/S(=O)(=O)c1ccc([N+](=O)[O-])cc1. The molecular weight excluding hydrogens is 330 g/mol. The topological polar surface area (TPSA) is 110 Å². The summed E-state index contributed by atoms with van der Waals surface area (Å²) in [5.74, 6) is -0.134. The van der Waals surface area contributed by atoms with Gasteiger partial charge >= 0.3 is 0 Å². The van der Waals surface area contributed by atoms with E-state index in [0.717, 1.165) is 36.0 Å². The van der Waals surface area contributed by atoms with Gasteiger partial charge in [0.15, 0.2) is 5.17 Å². The number of hydrogen-bond acceptors (Lipinski definition) is 6. The van der Waals surface area contributed by atoms with Crippen LogP contribution in [0.5, 0.6) is 0 Å². The van der Waals surface area contributed by atoms with E-state index in [9.17, 15) is 23.3 Å². The van der Waals surface area contributed by atoms with Crippen LogP contribution in [0.3, 0.4) is 0 Å². The van der Waals surface area contributed by atoms with E-state index in [-0.39, 0.29) is 34.0 Å². The van der Waals surface area contributed by atoms with Crippen LogP contribution in [0.4, 0.5) is 5.69 Å². The summed E-state index contributed by atoms with van der Waals surface area (Å²) in [6, 6.07) is 4.39. The van der Waals surface area contributed by atoms with Crippen molar-refractivity contribution < 1.29 is 18.1 Å². The smallest absolute Gasteiger partial charge is 0.284 e. The highest BCUT2D eigenvalue weighted by molar-refractivity contribution is 8.15. The summed E-state index contributed by atoms with van der Waals surface area (Å²) >= 11 is 1.02. The Morgan fingerprint density at radius 2 is 2.05 bits per heavy atom. The normalized spacial score (nSPS) is 17.0. The van der Waals surface area contributed by atoms with Gasteiger partial charge in [-0.25, -0.2) is 0 Å². The lowest BCUT2D eigenvalue weighted by Crippen LogP contribution is -2.30. The summed E-state index contributed by atoms with van der Waals surface area (Å²) in [7, 11) is -4.04. The molecule has 0 radical (unpaired) electrons. The Hall–Kier alpha value is -2.20. The summed E-state index contributed by atoms with van der Waals surface area (Å²) in [6.45, 7) is 3.67. The summed E-state index contributed by atoms with van der Waals surface area (Å²) in [4.78, 5) is 22.6. The van der Waals surface area contributed by atoms with Gasteiger partial charge in [0, 0.05) is 18.7 Å². The van der Waals surface area contributed by atoms with E-state index in [1.807, 2.05) is 0 Å². The van der Waals surface area contributed by atoms with Crippen LogP contribution < -0.4 is 0 Å². The van der Waals surface area contributed by atoms with Crippen molar-refractivity contribution in [3.8, 4) is 0 Å². The van der Waals surface area contributed by atoms with Gasteiger partial charge in [0.05, 0.1) is 15.6 Å². The van der Waals surface area contributed by atoms with Crippen molar-refractivity contribution >= 4 is 38.5 Å². The maximum absolute atomic E-state index is 12.2. The molecule has 0 spiro atoms. The number of non-ortho nitro benzene ring substituents is 1. The molecule has 1 aromatic carbocycles.